The van der Waals surface area contributed by atoms with Crippen molar-refractivity contribution in [1.29, 1.82) is 0 Å². The smallest absolute Gasteiger partial charge is 0.417 e. The van der Waals surface area contributed by atoms with E-state index in [1.807, 2.05) is 5.32 Å². The topological polar surface area (TPSA) is 66.4 Å². The first-order chi connectivity index (χ1) is 9.18. The molecule has 0 aliphatic rings. The molecule has 0 fully saturated rings. The minimum atomic E-state index is -4.92. The molecule has 4 nitrogen and oxygen atoms in total. The molecule has 1 aromatic carbocycles. The number of rotatable bonds is 4. The molecular weight excluding hydrogens is 282 g/mol. The maximum absolute atomic E-state index is 13.5. The number of carboxylic acids is 1. The maximum Gasteiger partial charge on any atom is 0.417 e. The molecule has 0 bridgehead atoms. The Kier molecular flexibility index (Phi) is 4.69. The average Bonchev–Trinajstić information content (AvgIpc) is 2.33. The number of amides is 1. The van der Waals surface area contributed by atoms with Crippen molar-refractivity contribution in [3.63, 3.8) is 0 Å². The number of hydrogen-bond acceptors (Lipinski definition) is 2. The Balaban J connectivity index is 3.19. The second kappa shape index (κ2) is 5.89. The zero-order valence-electron chi connectivity index (χ0n) is 10.3. The summed E-state index contributed by atoms with van der Waals surface area (Å²) in [7, 11) is 0. The van der Waals surface area contributed by atoms with Crippen molar-refractivity contribution in [1.82, 2.24) is 5.32 Å². The molecule has 0 radical (unpaired) electrons. The lowest BCUT2D eigenvalue weighted by Gasteiger charge is -2.16. The van der Waals surface area contributed by atoms with Crippen LogP contribution in [-0.2, 0) is 11.0 Å². The van der Waals surface area contributed by atoms with Crippen molar-refractivity contribution in [2.24, 2.45) is 0 Å². The van der Waals surface area contributed by atoms with Crippen LogP contribution in [0, 0.1) is 5.82 Å². The molecule has 0 aliphatic carbocycles. The van der Waals surface area contributed by atoms with Crippen LogP contribution in [0.4, 0.5) is 17.6 Å². The van der Waals surface area contributed by atoms with Gasteiger partial charge in [-0.1, -0.05) is 13.0 Å². The zero-order valence-corrected chi connectivity index (χ0v) is 10.3. The van der Waals surface area contributed by atoms with Crippen LogP contribution in [0.3, 0.4) is 0 Å². The Hall–Kier alpha value is -2.12. The number of carbonyl (C=O) groups excluding carboxylic acids is 1. The first kappa shape index (κ1) is 15.9. The lowest BCUT2D eigenvalue weighted by molar-refractivity contribution is -0.139. The van der Waals surface area contributed by atoms with Crippen molar-refractivity contribution < 1.29 is 32.3 Å². The average molecular weight is 293 g/mol. The van der Waals surface area contributed by atoms with Gasteiger partial charge in [-0.2, -0.15) is 13.2 Å². The van der Waals surface area contributed by atoms with E-state index in [0.717, 1.165) is 6.07 Å². The number of nitrogens with one attached hydrogen (secondary N) is 1. The monoisotopic (exact) mass is 293 g/mol. The largest absolute Gasteiger partial charge is 0.480 e. The number of halogens is 4. The van der Waals surface area contributed by atoms with Gasteiger partial charge in [0.1, 0.15) is 11.9 Å². The molecule has 1 rings (SSSR count). The molecule has 0 heterocycles. The van der Waals surface area contributed by atoms with E-state index in [9.17, 15) is 27.2 Å². The third-order valence-electron chi connectivity index (χ3n) is 2.56. The Morgan fingerprint density at radius 2 is 1.95 bits per heavy atom. The predicted octanol–water partition coefficient (Wildman–Crippen LogP) is 2.44. The number of alkyl halides is 3. The Morgan fingerprint density at radius 3 is 2.40 bits per heavy atom. The highest BCUT2D eigenvalue weighted by Gasteiger charge is 2.37. The van der Waals surface area contributed by atoms with Gasteiger partial charge in [0.15, 0.2) is 0 Å². The summed E-state index contributed by atoms with van der Waals surface area (Å²) < 4.78 is 51.6. The number of hydrogen-bond donors (Lipinski definition) is 2. The van der Waals surface area contributed by atoms with Crippen LogP contribution in [0.15, 0.2) is 18.2 Å². The van der Waals surface area contributed by atoms with Crippen LogP contribution in [0.2, 0.25) is 0 Å². The van der Waals surface area contributed by atoms with Crippen LogP contribution in [0.1, 0.15) is 29.3 Å². The standard InChI is InChI=1S/C12H11F4NO3/c1-2-8(11(19)20)17-10(18)9-6(12(14,15)16)4-3-5-7(9)13/h3-5,8H,2H2,1H3,(H,17,18)(H,19,20). The third kappa shape index (κ3) is 3.46. The van der Waals surface area contributed by atoms with Crippen LogP contribution in [0.25, 0.3) is 0 Å². The summed E-state index contributed by atoms with van der Waals surface area (Å²) in [5, 5.41) is 10.6. The summed E-state index contributed by atoms with van der Waals surface area (Å²) >= 11 is 0. The molecule has 0 spiro atoms. The normalized spacial score (nSPS) is 12.8. The highest BCUT2D eigenvalue weighted by Crippen LogP contribution is 2.33. The summed E-state index contributed by atoms with van der Waals surface area (Å²) in [4.78, 5) is 22.4. The van der Waals surface area contributed by atoms with Gasteiger partial charge in [0.2, 0.25) is 0 Å². The fourth-order valence-corrected chi connectivity index (χ4v) is 1.56. The van der Waals surface area contributed by atoms with Gasteiger partial charge < -0.3 is 10.4 Å². The van der Waals surface area contributed by atoms with Gasteiger partial charge in [-0.3, -0.25) is 4.79 Å². The van der Waals surface area contributed by atoms with E-state index >= 15 is 0 Å². The number of carbonyl (C=O) groups is 2. The second-order valence-electron chi connectivity index (χ2n) is 3.93. The minimum Gasteiger partial charge on any atom is -0.480 e. The third-order valence-corrected chi connectivity index (χ3v) is 2.56. The lowest BCUT2D eigenvalue weighted by atomic mass is 10.0. The van der Waals surface area contributed by atoms with E-state index < -0.39 is 41.0 Å². The van der Waals surface area contributed by atoms with Crippen LogP contribution in [-0.4, -0.2) is 23.0 Å². The van der Waals surface area contributed by atoms with E-state index in [4.69, 9.17) is 5.11 Å². The van der Waals surface area contributed by atoms with Gasteiger partial charge in [-0.05, 0) is 18.6 Å². The maximum atomic E-state index is 13.5. The van der Waals surface area contributed by atoms with E-state index in [2.05, 4.69) is 0 Å². The Bertz CT molecular complexity index is 528. The van der Waals surface area contributed by atoms with Gasteiger partial charge in [0, 0.05) is 0 Å². The number of carboxylic acid groups (broad SMARTS) is 1. The zero-order chi connectivity index (χ0) is 15.5. The molecule has 0 aromatic heterocycles. The highest BCUT2D eigenvalue weighted by atomic mass is 19.4. The van der Waals surface area contributed by atoms with E-state index in [-0.39, 0.29) is 6.42 Å². The first-order valence-corrected chi connectivity index (χ1v) is 5.57. The molecule has 0 aliphatic heterocycles. The molecule has 1 unspecified atom stereocenters. The molecular formula is C12H11F4NO3. The Labute approximate surface area is 111 Å². The first-order valence-electron chi connectivity index (χ1n) is 5.57. The van der Waals surface area contributed by atoms with Crippen molar-refractivity contribution in [2.75, 3.05) is 0 Å². The second-order valence-corrected chi connectivity index (χ2v) is 3.93. The lowest BCUT2D eigenvalue weighted by Crippen LogP contribution is -2.41. The van der Waals surface area contributed by atoms with Crippen LogP contribution in [0.5, 0.6) is 0 Å². The van der Waals surface area contributed by atoms with E-state index in [0.29, 0.717) is 12.1 Å². The van der Waals surface area contributed by atoms with Gasteiger partial charge in [0.05, 0.1) is 11.1 Å². The molecule has 8 heteroatoms. The van der Waals surface area contributed by atoms with Gasteiger partial charge >= 0.3 is 12.1 Å². The molecule has 0 saturated heterocycles. The van der Waals surface area contributed by atoms with Crippen molar-refractivity contribution in [3.8, 4) is 0 Å². The quantitative estimate of drug-likeness (QED) is 0.838. The van der Waals surface area contributed by atoms with E-state index in [1.165, 1.54) is 6.92 Å². The van der Waals surface area contributed by atoms with Crippen LogP contribution < -0.4 is 5.32 Å². The molecule has 20 heavy (non-hydrogen) atoms. The SMILES string of the molecule is CCC(NC(=O)c1c(F)cccc1C(F)(F)F)C(=O)O. The molecule has 2 N–H and O–H groups in total. The fraction of sp³-hybridized carbons (Fsp3) is 0.333. The predicted molar refractivity (Wildman–Crippen MR) is 60.6 cm³/mol. The molecule has 0 saturated carbocycles. The molecule has 1 atom stereocenters. The molecule has 1 aromatic rings. The summed E-state index contributed by atoms with van der Waals surface area (Å²) in [6, 6.07) is 0.692. The Morgan fingerprint density at radius 1 is 1.35 bits per heavy atom. The summed E-state index contributed by atoms with van der Waals surface area (Å²) in [5.74, 6) is -4.19. The molecule has 110 valence electrons. The molecule has 1 amide bonds. The van der Waals surface area contributed by atoms with Gasteiger partial charge in [0.25, 0.3) is 5.91 Å². The van der Waals surface area contributed by atoms with Crippen molar-refractivity contribution in [2.45, 2.75) is 25.6 Å². The van der Waals surface area contributed by atoms with Gasteiger partial charge in [-0.15, -0.1) is 0 Å². The van der Waals surface area contributed by atoms with Gasteiger partial charge in [-0.25, -0.2) is 9.18 Å². The summed E-state index contributed by atoms with van der Waals surface area (Å²) in [6.45, 7) is 1.42. The summed E-state index contributed by atoms with van der Waals surface area (Å²) in [6.07, 6.45) is -4.96. The van der Waals surface area contributed by atoms with Crippen molar-refractivity contribution >= 4 is 11.9 Å². The summed E-state index contributed by atoms with van der Waals surface area (Å²) in [5.41, 5.74) is -2.66. The highest BCUT2D eigenvalue weighted by molar-refractivity contribution is 5.98. The van der Waals surface area contributed by atoms with E-state index in [1.54, 1.807) is 0 Å². The van der Waals surface area contributed by atoms with Crippen LogP contribution >= 0.6 is 0 Å². The fourth-order valence-electron chi connectivity index (χ4n) is 1.56. The van der Waals surface area contributed by atoms with Crippen molar-refractivity contribution in [3.05, 3.63) is 35.1 Å². The number of aliphatic carboxylic acids is 1. The number of benzene rings is 1. The minimum absolute atomic E-state index is 0.0448.